The van der Waals surface area contributed by atoms with Crippen molar-refractivity contribution in [1.82, 2.24) is 10.6 Å². The van der Waals surface area contributed by atoms with Crippen molar-refractivity contribution in [3.05, 3.63) is 63.4 Å². The number of hydrogen-bond donors (Lipinski definition) is 4. The summed E-state index contributed by atoms with van der Waals surface area (Å²) in [5, 5.41) is 20.1. The van der Waals surface area contributed by atoms with Crippen LogP contribution in [0.3, 0.4) is 0 Å². The highest BCUT2D eigenvalue weighted by Crippen LogP contribution is 2.63. The number of carbonyl (C=O) groups excluding carboxylic acids is 2. The molecule has 2 saturated carbocycles. The minimum absolute atomic E-state index is 0.0420. The van der Waals surface area contributed by atoms with E-state index in [9.17, 15) is 14.7 Å². The first-order chi connectivity index (χ1) is 18.3. The van der Waals surface area contributed by atoms with Crippen LogP contribution in [0, 0.1) is 11.7 Å². The SMILES string of the molecule is O=C(NCC1CCC(O)CC1)[C@@H]1NC2(CCCC2)[C@@]2(C(=O)Nc3cc(Cl)ccc32)[C@H]1c1cccc(Cl)c1F. The van der Waals surface area contributed by atoms with Crippen molar-refractivity contribution < 1.29 is 19.1 Å². The zero-order chi connectivity index (χ0) is 26.7. The lowest BCUT2D eigenvalue weighted by Gasteiger charge is -2.42. The van der Waals surface area contributed by atoms with Gasteiger partial charge in [-0.05, 0) is 73.8 Å². The molecule has 2 spiro atoms. The van der Waals surface area contributed by atoms with Gasteiger partial charge >= 0.3 is 0 Å². The summed E-state index contributed by atoms with van der Waals surface area (Å²) in [5.41, 5.74) is -0.349. The fourth-order valence-electron chi connectivity index (χ4n) is 7.74. The number of amides is 2. The molecule has 0 aromatic heterocycles. The number of rotatable bonds is 4. The third kappa shape index (κ3) is 3.88. The van der Waals surface area contributed by atoms with Crippen molar-refractivity contribution in [3.8, 4) is 0 Å². The van der Waals surface area contributed by atoms with Crippen molar-refractivity contribution in [2.45, 2.75) is 80.4 Å². The van der Waals surface area contributed by atoms with Crippen LogP contribution in [-0.4, -0.2) is 41.2 Å². The van der Waals surface area contributed by atoms with Gasteiger partial charge in [0, 0.05) is 28.7 Å². The highest BCUT2D eigenvalue weighted by molar-refractivity contribution is 6.31. The van der Waals surface area contributed by atoms with Crippen LogP contribution in [0.15, 0.2) is 36.4 Å². The molecule has 6 rings (SSSR count). The highest BCUT2D eigenvalue weighted by Gasteiger charge is 2.72. The molecule has 2 aliphatic heterocycles. The molecule has 202 valence electrons. The van der Waals surface area contributed by atoms with Gasteiger partial charge in [-0.1, -0.05) is 54.2 Å². The molecule has 2 heterocycles. The first-order valence-electron chi connectivity index (χ1n) is 13.6. The molecule has 2 amide bonds. The Labute approximate surface area is 231 Å². The molecule has 2 aliphatic carbocycles. The van der Waals surface area contributed by atoms with Gasteiger partial charge in [0.2, 0.25) is 11.8 Å². The van der Waals surface area contributed by atoms with Gasteiger partial charge in [-0.15, -0.1) is 0 Å². The molecule has 0 radical (unpaired) electrons. The number of benzene rings is 2. The van der Waals surface area contributed by atoms with E-state index in [2.05, 4.69) is 16.0 Å². The number of anilines is 1. The number of nitrogens with one attached hydrogen (secondary N) is 3. The van der Waals surface area contributed by atoms with Crippen molar-refractivity contribution in [2.24, 2.45) is 5.92 Å². The van der Waals surface area contributed by atoms with Gasteiger partial charge in [-0.25, -0.2) is 4.39 Å². The van der Waals surface area contributed by atoms with Crippen molar-refractivity contribution in [3.63, 3.8) is 0 Å². The predicted molar refractivity (Wildman–Crippen MR) is 145 cm³/mol. The summed E-state index contributed by atoms with van der Waals surface area (Å²) in [5.74, 6) is -1.65. The van der Waals surface area contributed by atoms with Gasteiger partial charge in [-0.2, -0.15) is 0 Å². The molecule has 4 N–H and O–H groups in total. The van der Waals surface area contributed by atoms with E-state index in [1.165, 1.54) is 6.07 Å². The molecule has 38 heavy (non-hydrogen) atoms. The second kappa shape index (κ2) is 9.77. The van der Waals surface area contributed by atoms with E-state index < -0.39 is 28.7 Å². The van der Waals surface area contributed by atoms with Crippen LogP contribution in [-0.2, 0) is 15.0 Å². The summed E-state index contributed by atoms with van der Waals surface area (Å²) in [6.07, 6.45) is 6.03. The van der Waals surface area contributed by atoms with E-state index in [0.29, 0.717) is 30.1 Å². The van der Waals surface area contributed by atoms with Gasteiger partial charge < -0.3 is 15.7 Å². The van der Waals surface area contributed by atoms with E-state index in [4.69, 9.17) is 23.2 Å². The smallest absolute Gasteiger partial charge is 0.237 e. The quantitative estimate of drug-likeness (QED) is 0.421. The molecule has 2 aromatic carbocycles. The molecule has 0 bridgehead atoms. The topological polar surface area (TPSA) is 90.5 Å². The molecule has 1 saturated heterocycles. The molecule has 2 aromatic rings. The van der Waals surface area contributed by atoms with Crippen molar-refractivity contribution >= 4 is 40.7 Å². The largest absolute Gasteiger partial charge is 0.393 e. The van der Waals surface area contributed by atoms with Gasteiger partial charge in [0.1, 0.15) is 11.2 Å². The fraction of sp³-hybridized carbons (Fsp3) is 0.517. The van der Waals surface area contributed by atoms with Crippen LogP contribution in [0.1, 0.15) is 68.4 Å². The number of aliphatic hydroxyl groups is 1. The van der Waals surface area contributed by atoms with E-state index >= 15 is 4.39 Å². The zero-order valence-electron chi connectivity index (χ0n) is 21.0. The molecular weight excluding hydrogens is 528 g/mol. The van der Waals surface area contributed by atoms with Crippen LogP contribution >= 0.6 is 23.2 Å². The lowest BCUT2D eigenvalue weighted by atomic mass is 9.58. The Balaban J connectivity index is 1.47. The Morgan fingerprint density at radius 2 is 1.84 bits per heavy atom. The summed E-state index contributed by atoms with van der Waals surface area (Å²) in [6.45, 7) is 0.479. The zero-order valence-corrected chi connectivity index (χ0v) is 22.5. The Hall–Kier alpha value is -2.19. The number of fused-ring (bicyclic) bond motifs is 3. The molecule has 4 aliphatic rings. The maximum Gasteiger partial charge on any atom is 0.237 e. The third-order valence-electron chi connectivity index (χ3n) is 9.44. The first-order valence-corrected chi connectivity index (χ1v) is 14.3. The molecule has 6 nitrogen and oxygen atoms in total. The second-order valence-electron chi connectivity index (χ2n) is 11.4. The predicted octanol–water partition coefficient (Wildman–Crippen LogP) is 5.06. The molecule has 9 heteroatoms. The molecule has 3 atom stereocenters. The maximum absolute atomic E-state index is 15.8. The first kappa shape index (κ1) is 26.1. The van der Waals surface area contributed by atoms with E-state index in [1.54, 1.807) is 24.3 Å². The molecule has 3 fully saturated rings. The van der Waals surface area contributed by atoms with Crippen LogP contribution < -0.4 is 16.0 Å². The summed E-state index contributed by atoms with van der Waals surface area (Å²) in [6, 6.07) is 9.28. The minimum atomic E-state index is -1.22. The maximum atomic E-state index is 15.8. The third-order valence-corrected chi connectivity index (χ3v) is 9.96. The van der Waals surface area contributed by atoms with Crippen LogP contribution in [0.25, 0.3) is 0 Å². The number of aliphatic hydroxyl groups excluding tert-OH is 1. The van der Waals surface area contributed by atoms with Crippen LogP contribution in [0.5, 0.6) is 0 Å². The molecule has 0 unspecified atom stereocenters. The Kier molecular flexibility index (Phi) is 6.70. The standard InChI is InChI=1S/C29H32Cl2FN3O3/c30-17-8-11-20-22(14-17)34-27(38)29(20)23(19-4-3-5-21(31)24(19)32)25(35-28(29)12-1-2-13-28)26(37)33-15-16-6-9-18(36)10-7-16/h3-5,8,11,14,16,18,23,25,35-36H,1-2,6-7,9-10,12-13,15H2,(H,33,37)(H,34,38)/t16?,18?,23-,25+,29+/m0/s1. The van der Waals surface area contributed by atoms with Crippen molar-refractivity contribution in [2.75, 3.05) is 11.9 Å². The summed E-state index contributed by atoms with van der Waals surface area (Å²) >= 11 is 12.6. The van der Waals surface area contributed by atoms with E-state index in [1.807, 2.05) is 6.07 Å². The van der Waals surface area contributed by atoms with Crippen LogP contribution in [0.4, 0.5) is 10.1 Å². The molecular formula is C29H32Cl2FN3O3. The van der Waals surface area contributed by atoms with Gasteiger partial charge in [0.25, 0.3) is 0 Å². The normalized spacial score (nSPS) is 31.5. The van der Waals surface area contributed by atoms with E-state index in [0.717, 1.165) is 44.1 Å². The second-order valence-corrected chi connectivity index (χ2v) is 12.2. The van der Waals surface area contributed by atoms with Gasteiger partial charge in [0.15, 0.2) is 0 Å². The Bertz CT molecular complexity index is 1280. The van der Waals surface area contributed by atoms with Crippen LogP contribution in [0.2, 0.25) is 10.0 Å². The van der Waals surface area contributed by atoms with Gasteiger partial charge in [-0.3, -0.25) is 14.9 Å². The Morgan fingerprint density at radius 1 is 1.11 bits per heavy atom. The number of hydrogen-bond acceptors (Lipinski definition) is 4. The van der Waals surface area contributed by atoms with Gasteiger partial charge in [0.05, 0.1) is 17.2 Å². The van der Waals surface area contributed by atoms with E-state index in [-0.39, 0.29) is 34.4 Å². The van der Waals surface area contributed by atoms with Crippen molar-refractivity contribution in [1.29, 1.82) is 0 Å². The summed E-state index contributed by atoms with van der Waals surface area (Å²) < 4.78 is 15.8. The number of halogens is 3. The average Bonchev–Trinajstić information content (AvgIpc) is 3.57. The number of carbonyl (C=O) groups is 2. The Morgan fingerprint density at radius 3 is 2.58 bits per heavy atom. The lowest BCUT2D eigenvalue weighted by Crippen LogP contribution is -2.58. The highest BCUT2D eigenvalue weighted by atomic mass is 35.5. The monoisotopic (exact) mass is 559 g/mol. The summed E-state index contributed by atoms with van der Waals surface area (Å²) in [7, 11) is 0. The summed E-state index contributed by atoms with van der Waals surface area (Å²) in [4.78, 5) is 28.2. The average molecular weight is 560 g/mol. The lowest BCUT2D eigenvalue weighted by molar-refractivity contribution is -0.124. The fourth-order valence-corrected chi connectivity index (χ4v) is 8.10. The minimum Gasteiger partial charge on any atom is -0.393 e.